The number of fused-ring (bicyclic) bond motifs is 1. The number of carbonyl (C=O) groups excluding carboxylic acids is 1. The molecule has 0 bridgehead atoms. The second-order valence-corrected chi connectivity index (χ2v) is 3.86. The van der Waals surface area contributed by atoms with Crippen molar-refractivity contribution in [2.75, 3.05) is 12.8 Å². The minimum absolute atomic E-state index is 0.342. The fraction of sp³-hybridized carbons (Fsp3) is 0.250. The molecule has 2 aromatic heterocycles. The highest BCUT2D eigenvalue weighted by atomic mass is 32.1. The second-order valence-electron chi connectivity index (χ2n) is 2.83. The van der Waals surface area contributed by atoms with Gasteiger partial charge in [-0.2, -0.15) is 5.10 Å². The number of nitrogen functional groups attached to an aromatic ring is 1. The van der Waals surface area contributed by atoms with E-state index < -0.39 is 0 Å². The van der Waals surface area contributed by atoms with Gasteiger partial charge in [-0.1, -0.05) is 0 Å². The fourth-order valence-electron chi connectivity index (χ4n) is 1.27. The number of esters is 1. The van der Waals surface area contributed by atoms with Gasteiger partial charge in [0.1, 0.15) is 9.71 Å². The molecule has 0 radical (unpaired) electrons. The van der Waals surface area contributed by atoms with Crippen molar-refractivity contribution < 1.29 is 9.53 Å². The highest BCUT2D eigenvalue weighted by Gasteiger charge is 2.15. The highest BCUT2D eigenvalue weighted by Crippen LogP contribution is 2.29. The molecule has 0 amide bonds. The minimum atomic E-state index is -0.342. The van der Waals surface area contributed by atoms with E-state index >= 15 is 0 Å². The molecule has 6 heteroatoms. The molecule has 0 aliphatic carbocycles. The number of nitrogens with two attached hydrogens (primary N) is 1. The highest BCUT2D eigenvalue weighted by molar-refractivity contribution is 7.20. The van der Waals surface area contributed by atoms with Crippen LogP contribution in [0.5, 0.6) is 0 Å². The lowest BCUT2D eigenvalue weighted by atomic mass is 10.3. The van der Waals surface area contributed by atoms with Crippen molar-refractivity contribution in [1.82, 2.24) is 9.78 Å². The van der Waals surface area contributed by atoms with Crippen LogP contribution in [0.25, 0.3) is 10.2 Å². The number of thiophene rings is 1. The van der Waals surface area contributed by atoms with E-state index in [1.54, 1.807) is 17.8 Å². The normalized spacial score (nSPS) is 10.7. The number of ether oxygens (including phenoxy) is 1. The van der Waals surface area contributed by atoms with Crippen molar-refractivity contribution in [3.8, 4) is 0 Å². The van der Waals surface area contributed by atoms with E-state index in [2.05, 4.69) is 9.84 Å². The van der Waals surface area contributed by atoms with Gasteiger partial charge in [-0.25, -0.2) is 4.79 Å². The molecule has 0 saturated heterocycles. The van der Waals surface area contributed by atoms with Gasteiger partial charge in [0.15, 0.2) is 5.82 Å². The van der Waals surface area contributed by atoms with Crippen LogP contribution in [-0.2, 0) is 11.8 Å². The van der Waals surface area contributed by atoms with Gasteiger partial charge in [0.25, 0.3) is 0 Å². The van der Waals surface area contributed by atoms with Crippen LogP contribution < -0.4 is 5.73 Å². The molecule has 2 rings (SSSR count). The average Bonchev–Trinajstić information content (AvgIpc) is 2.69. The lowest BCUT2D eigenvalue weighted by molar-refractivity contribution is 0.0606. The summed E-state index contributed by atoms with van der Waals surface area (Å²) in [6, 6.07) is 1.70. The monoisotopic (exact) mass is 211 g/mol. The Morgan fingerprint density at radius 2 is 2.43 bits per heavy atom. The Bertz CT molecular complexity index is 465. The van der Waals surface area contributed by atoms with Gasteiger partial charge in [0.2, 0.25) is 0 Å². The maximum Gasteiger partial charge on any atom is 0.348 e. The van der Waals surface area contributed by atoms with E-state index in [0.717, 1.165) is 10.2 Å². The van der Waals surface area contributed by atoms with E-state index in [1.165, 1.54) is 18.4 Å². The molecule has 5 nitrogen and oxygen atoms in total. The van der Waals surface area contributed by atoms with E-state index in [4.69, 9.17) is 5.73 Å². The molecule has 0 aromatic carbocycles. The topological polar surface area (TPSA) is 70.1 Å². The van der Waals surface area contributed by atoms with Gasteiger partial charge in [0, 0.05) is 7.05 Å². The Morgan fingerprint density at radius 3 is 3.00 bits per heavy atom. The summed E-state index contributed by atoms with van der Waals surface area (Å²) < 4.78 is 6.27. The molecule has 0 saturated carbocycles. The Morgan fingerprint density at radius 1 is 1.71 bits per heavy atom. The first-order chi connectivity index (χ1) is 6.63. The summed E-state index contributed by atoms with van der Waals surface area (Å²) in [5.41, 5.74) is 5.65. The quantitative estimate of drug-likeness (QED) is 0.714. The molecule has 0 fully saturated rings. The summed E-state index contributed by atoms with van der Waals surface area (Å²) in [5.74, 6) is 0.0968. The van der Waals surface area contributed by atoms with Crippen LogP contribution in [0, 0.1) is 0 Å². The van der Waals surface area contributed by atoms with Crippen molar-refractivity contribution in [3.63, 3.8) is 0 Å². The Hall–Kier alpha value is -1.56. The van der Waals surface area contributed by atoms with Crippen LogP contribution in [-0.4, -0.2) is 22.9 Å². The summed E-state index contributed by atoms with van der Waals surface area (Å²) in [5, 5.41) is 4.83. The largest absolute Gasteiger partial charge is 0.465 e. The SMILES string of the molecule is COC(=O)c1cc2c(N)nn(C)c2s1. The van der Waals surface area contributed by atoms with Crippen LogP contribution >= 0.6 is 11.3 Å². The minimum Gasteiger partial charge on any atom is -0.465 e. The molecule has 2 aromatic rings. The van der Waals surface area contributed by atoms with Crippen molar-refractivity contribution in [2.45, 2.75) is 0 Å². The number of nitrogens with zero attached hydrogens (tertiary/aromatic N) is 2. The maximum atomic E-state index is 11.2. The predicted molar refractivity (Wildman–Crippen MR) is 54.3 cm³/mol. The molecule has 14 heavy (non-hydrogen) atoms. The van der Waals surface area contributed by atoms with Crippen molar-refractivity contribution in [2.24, 2.45) is 7.05 Å². The Labute approximate surface area is 84.1 Å². The van der Waals surface area contributed by atoms with E-state index in [0.29, 0.717) is 10.7 Å². The summed E-state index contributed by atoms with van der Waals surface area (Å²) in [6.45, 7) is 0. The zero-order valence-corrected chi connectivity index (χ0v) is 8.59. The average molecular weight is 211 g/mol. The lowest BCUT2D eigenvalue weighted by Gasteiger charge is -1.92. The molecule has 2 heterocycles. The summed E-state index contributed by atoms with van der Waals surface area (Å²) in [4.78, 5) is 12.6. The molecule has 2 N–H and O–H groups in total. The molecular weight excluding hydrogens is 202 g/mol. The van der Waals surface area contributed by atoms with Crippen molar-refractivity contribution in [1.29, 1.82) is 0 Å². The molecule has 74 valence electrons. The first kappa shape index (κ1) is 9.01. The number of aryl methyl sites for hydroxylation is 1. The molecule has 0 aliphatic heterocycles. The lowest BCUT2D eigenvalue weighted by Crippen LogP contribution is -1.97. The second kappa shape index (κ2) is 2.98. The Kier molecular flexibility index (Phi) is 1.92. The summed E-state index contributed by atoms with van der Waals surface area (Å²) in [6.07, 6.45) is 0. The number of anilines is 1. The third-order valence-corrected chi connectivity index (χ3v) is 3.11. The molecule has 0 unspecified atom stereocenters. The van der Waals surface area contributed by atoms with E-state index in [9.17, 15) is 4.79 Å². The molecular formula is C8H9N3O2S. The molecule has 0 spiro atoms. The van der Waals surface area contributed by atoms with Crippen LogP contribution in [0.15, 0.2) is 6.07 Å². The first-order valence-electron chi connectivity index (χ1n) is 3.94. The fourth-order valence-corrected chi connectivity index (χ4v) is 2.27. The Balaban J connectivity index is 2.63. The number of methoxy groups -OCH3 is 1. The van der Waals surface area contributed by atoms with Crippen LogP contribution in [0.4, 0.5) is 5.82 Å². The molecule has 0 atom stereocenters. The van der Waals surface area contributed by atoms with Crippen LogP contribution in [0.1, 0.15) is 9.67 Å². The van der Waals surface area contributed by atoms with Gasteiger partial charge in [-0.3, -0.25) is 4.68 Å². The van der Waals surface area contributed by atoms with Crippen LogP contribution in [0.2, 0.25) is 0 Å². The summed E-state index contributed by atoms with van der Waals surface area (Å²) in [7, 11) is 3.14. The predicted octanol–water partition coefficient (Wildman–Crippen LogP) is 1.00. The summed E-state index contributed by atoms with van der Waals surface area (Å²) >= 11 is 1.32. The van der Waals surface area contributed by atoms with E-state index in [1.807, 2.05) is 0 Å². The maximum absolute atomic E-state index is 11.2. The third kappa shape index (κ3) is 1.15. The van der Waals surface area contributed by atoms with Crippen molar-refractivity contribution >= 4 is 33.3 Å². The van der Waals surface area contributed by atoms with Gasteiger partial charge < -0.3 is 10.5 Å². The van der Waals surface area contributed by atoms with E-state index in [-0.39, 0.29) is 5.97 Å². The smallest absolute Gasteiger partial charge is 0.348 e. The number of rotatable bonds is 1. The van der Waals surface area contributed by atoms with Gasteiger partial charge >= 0.3 is 5.97 Å². The van der Waals surface area contributed by atoms with Crippen molar-refractivity contribution in [3.05, 3.63) is 10.9 Å². The number of carbonyl (C=O) groups is 1. The number of hydrogen-bond acceptors (Lipinski definition) is 5. The van der Waals surface area contributed by atoms with Crippen LogP contribution in [0.3, 0.4) is 0 Å². The van der Waals surface area contributed by atoms with Gasteiger partial charge in [-0.15, -0.1) is 11.3 Å². The molecule has 0 aliphatic rings. The number of aromatic nitrogens is 2. The zero-order chi connectivity index (χ0) is 10.3. The standard InChI is InChI=1S/C8H9N3O2S/c1-11-7-4(6(9)10-11)3-5(14-7)8(12)13-2/h3H,1-2H3,(H2,9,10). The third-order valence-electron chi connectivity index (χ3n) is 1.93. The van der Waals surface area contributed by atoms with Gasteiger partial charge in [0.05, 0.1) is 12.5 Å². The zero-order valence-electron chi connectivity index (χ0n) is 7.77. The first-order valence-corrected chi connectivity index (χ1v) is 4.75. The number of hydrogen-bond donors (Lipinski definition) is 1. The van der Waals surface area contributed by atoms with Gasteiger partial charge in [-0.05, 0) is 6.07 Å².